The van der Waals surface area contributed by atoms with E-state index in [9.17, 15) is 0 Å². The van der Waals surface area contributed by atoms with Gasteiger partial charge in [-0.3, -0.25) is 0 Å². The monoisotopic (exact) mass is 395 g/mol. The minimum Gasteiger partial charge on any atom is -0.496 e. The van der Waals surface area contributed by atoms with Crippen molar-refractivity contribution >= 4 is 24.0 Å². The number of benzene rings is 2. The van der Waals surface area contributed by atoms with E-state index >= 15 is 0 Å². The van der Waals surface area contributed by atoms with E-state index in [4.69, 9.17) is 21.1 Å². The number of halogens is 2. The Balaban J connectivity index is 0.00000243. The summed E-state index contributed by atoms with van der Waals surface area (Å²) in [5, 5.41) is 0.808. The van der Waals surface area contributed by atoms with Crippen LogP contribution in [0.2, 0.25) is 5.02 Å². The zero-order chi connectivity index (χ0) is 17.8. The van der Waals surface area contributed by atoms with E-state index in [2.05, 4.69) is 43.1 Å². The minimum absolute atomic E-state index is 0. The largest absolute Gasteiger partial charge is 0.496 e. The van der Waals surface area contributed by atoms with Crippen LogP contribution in [0, 0.1) is 6.92 Å². The summed E-state index contributed by atoms with van der Waals surface area (Å²) in [6.07, 6.45) is 2.06. The lowest BCUT2D eigenvalue weighted by atomic mass is 9.90. The van der Waals surface area contributed by atoms with Crippen molar-refractivity contribution < 1.29 is 9.47 Å². The van der Waals surface area contributed by atoms with Gasteiger partial charge in [-0.05, 0) is 56.1 Å². The van der Waals surface area contributed by atoms with Crippen LogP contribution in [-0.2, 0) is 6.42 Å². The fraction of sp³-hybridized carbons (Fsp3) is 0.429. The Kier molecular flexibility index (Phi) is 7.63. The highest BCUT2D eigenvalue weighted by molar-refractivity contribution is 6.30. The molecule has 0 saturated carbocycles. The molecular formula is C21H27Cl2NO2. The summed E-state index contributed by atoms with van der Waals surface area (Å²) in [6.45, 7) is 4.89. The molecule has 1 heterocycles. The smallest absolute Gasteiger partial charge is 0.129 e. The first-order chi connectivity index (χ1) is 12.1. The highest BCUT2D eigenvalue weighted by Gasteiger charge is 2.25. The Labute approximate surface area is 167 Å². The number of nitrogens with zero attached hydrogens (tertiary/aromatic N) is 1. The van der Waals surface area contributed by atoms with Gasteiger partial charge in [-0.15, -0.1) is 12.4 Å². The maximum Gasteiger partial charge on any atom is 0.129 e. The summed E-state index contributed by atoms with van der Waals surface area (Å²) in [6, 6.07) is 12.3. The van der Waals surface area contributed by atoms with Gasteiger partial charge in [-0.25, -0.2) is 0 Å². The summed E-state index contributed by atoms with van der Waals surface area (Å²) >= 11 is 6.07. The molecule has 1 unspecified atom stereocenters. The summed E-state index contributed by atoms with van der Waals surface area (Å²) in [5.74, 6) is 2.41. The molecule has 26 heavy (non-hydrogen) atoms. The van der Waals surface area contributed by atoms with Crippen LogP contribution >= 0.6 is 24.0 Å². The van der Waals surface area contributed by atoms with Crippen LogP contribution in [0.4, 0.5) is 0 Å². The Morgan fingerprint density at radius 3 is 2.81 bits per heavy atom. The lowest BCUT2D eigenvalue weighted by Gasteiger charge is -2.31. The molecule has 0 fully saturated rings. The lowest BCUT2D eigenvalue weighted by Crippen LogP contribution is -2.29. The second-order valence-electron chi connectivity index (χ2n) is 6.79. The van der Waals surface area contributed by atoms with E-state index in [1.165, 1.54) is 11.1 Å². The van der Waals surface area contributed by atoms with Crippen molar-refractivity contribution in [2.45, 2.75) is 25.7 Å². The van der Waals surface area contributed by atoms with Crippen LogP contribution in [0.1, 0.15) is 29.0 Å². The van der Waals surface area contributed by atoms with Crippen LogP contribution in [0.15, 0.2) is 36.4 Å². The Morgan fingerprint density at radius 1 is 1.27 bits per heavy atom. The molecule has 0 amide bonds. The van der Waals surface area contributed by atoms with Crippen LogP contribution in [-0.4, -0.2) is 38.8 Å². The zero-order valence-corrected chi connectivity index (χ0v) is 17.2. The second kappa shape index (κ2) is 9.50. The lowest BCUT2D eigenvalue weighted by molar-refractivity contribution is 0.230. The highest BCUT2D eigenvalue weighted by atomic mass is 35.5. The number of fused-ring (bicyclic) bond motifs is 1. The normalized spacial score (nSPS) is 15.8. The van der Waals surface area contributed by atoms with Crippen LogP contribution < -0.4 is 9.47 Å². The molecule has 0 radical (unpaired) electrons. The molecule has 0 spiro atoms. The maximum atomic E-state index is 6.07. The highest BCUT2D eigenvalue weighted by Crippen LogP contribution is 2.40. The fourth-order valence-corrected chi connectivity index (χ4v) is 3.77. The van der Waals surface area contributed by atoms with E-state index in [0.29, 0.717) is 5.92 Å². The van der Waals surface area contributed by atoms with Crippen molar-refractivity contribution in [2.24, 2.45) is 0 Å². The van der Waals surface area contributed by atoms with E-state index in [-0.39, 0.29) is 12.4 Å². The van der Waals surface area contributed by atoms with E-state index in [0.717, 1.165) is 54.6 Å². The molecule has 1 atom stereocenters. The predicted molar refractivity (Wildman–Crippen MR) is 110 cm³/mol. The van der Waals surface area contributed by atoms with Crippen LogP contribution in [0.5, 0.6) is 11.5 Å². The van der Waals surface area contributed by atoms with Gasteiger partial charge >= 0.3 is 0 Å². The van der Waals surface area contributed by atoms with Crippen LogP contribution in [0.25, 0.3) is 0 Å². The van der Waals surface area contributed by atoms with Crippen molar-refractivity contribution in [2.75, 3.05) is 33.9 Å². The summed E-state index contributed by atoms with van der Waals surface area (Å²) in [4.78, 5) is 2.40. The summed E-state index contributed by atoms with van der Waals surface area (Å²) < 4.78 is 11.4. The van der Waals surface area contributed by atoms with Gasteiger partial charge in [-0.2, -0.15) is 0 Å². The number of hydrogen-bond donors (Lipinski definition) is 0. The van der Waals surface area contributed by atoms with Gasteiger partial charge in [0.1, 0.15) is 11.5 Å². The second-order valence-corrected chi connectivity index (χ2v) is 7.22. The minimum atomic E-state index is 0. The fourth-order valence-electron chi connectivity index (χ4n) is 3.56. The number of hydrogen-bond acceptors (Lipinski definition) is 3. The zero-order valence-electron chi connectivity index (χ0n) is 15.6. The Bertz CT molecular complexity index is 736. The quantitative estimate of drug-likeness (QED) is 0.677. The van der Waals surface area contributed by atoms with Gasteiger partial charge in [0.15, 0.2) is 0 Å². The van der Waals surface area contributed by atoms with Gasteiger partial charge in [0.25, 0.3) is 0 Å². The van der Waals surface area contributed by atoms with Crippen molar-refractivity contribution in [3.63, 3.8) is 0 Å². The number of ether oxygens (including phenoxy) is 2. The molecule has 2 aromatic carbocycles. The number of likely N-dealkylation sites (N-methyl/N-ethyl adjacent to an activating group) is 1. The molecule has 5 heteroatoms. The molecule has 2 aromatic rings. The van der Waals surface area contributed by atoms with E-state index < -0.39 is 0 Å². The Hall–Kier alpha value is -1.42. The van der Waals surface area contributed by atoms with Crippen molar-refractivity contribution in [1.82, 2.24) is 4.90 Å². The number of methoxy groups -OCH3 is 1. The molecule has 0 N–H and O–H groups in total. The molecule has 0 bridgehead atoms. The topological polar surface area (TPSA) is 21.7 Å². The van der Waals surface area contributed by atoms with Crippen molar-refractivity contribution in [3.05, 3.63) is 58.1 Å². The molecule has 1 aliphatic rings. The molecule has 1 aliphatic heterocycles. The van der Waals surface area contributed by atoms with Crippen LogP contribution in [0.3, 0.4) is 0 Å². The first-order valence-electron chi connectivity index (χ1n) is 8.81. The Morgan fingerprint density at radius 2 is 2.08 bits per heavy atom. The predicted octanol–water partition coefficient (Wildman–Crippen LogP) is 5.12. The third-order valence-electron chi connectivity index (χ3n) is 4.96. The molecular weight excluding hydrogens is 369 g/mol. The molecule has 3 nitrogen and oxygen atoms in total. The van der Waals surface area contributed by atoms with Gasteiger partial charge in [0, 0.05) is 29.6 Å². The van der Waals surface area contributed by atoms with E-state index in [1.54, 1.807) is 7.11 Å². The number of rotatable bonds is 6. The average molecular weight is 396 g/mol. The standard InChI is InChI=1S/C21H26ClNO2.ClH/c1-15-20(24-3)8-7-19-17(10-12-25-21(15)19)14-23(2)11-9-16-5-4-6-18(22)13-16;/h4-8,13,17H,9-12,14H2,1-3H3;1H. The van der Waals surface area contributed by atoms with Crippen molar-refractivity contribution in [3.8, 4) is 11.5 Å². The summed E-state index contributed by atoms with van der Waals surface area (Å²) in [7, 11) is 3.90. The van der Waals surface area contributed by atoms with E-state index in [1.807, 2.05) is 12.1 Å². The third kappa shape index (κ3) is 4.85. The molecule has 0 aliphatic carbocycles. The molecule has 0 aromatic heterocycles. The van der Waals surface area contributed by atoms with Gasteiger partial charge in [0.2, 0.25) is 0 Å². The molecule has 142 valence electrons. The van der Waals surface area contributed by atoms with Gasteiger partial charge in [-0.1, -0.05) is 29.8 Å². The molecule has 0 saturated heterocycles. The molecule has 3 rings (SSSR count). The third-order valence-corrected chi connectivity index (χ3v) is 5.20. The van der Waals surface area contributed by atoms with Crippen molar-refractivity contribution in [1.29, 1.82) is 0 Å². The SMILES string of the molecule is COc1ccc2c(c1C)OCCC2CN(C)CCc1cccc(Cl)c1.Cl. The maximum absolute atomic E-state index is 6.07. The first kappa shape index (κ1) is 20.9. The first-order valence-corrected chi connectivity index (χ1v) is 9.19. The average Bonchev–Trinajstić information content (AvgIpc) is 2.61. The summed E-state index contributed by atoms with van der Waals surface area (Å²) in [5.41, 5.74) is 3.69. The van der Waals surface area contributed by atoms with Gasteiger partial charge in [0.05, 0.1) is 13.7 Å². The van der Waals surface area contributed by atoms with Gasteiger partial charge < -0.3 is 14.4 Å².